The number of amides is 2. The fraction of sp³-hybridized carbons (Fsp3) is 0.385. The van der Waals surface area contributed by atoms with Crippen molar-refractivity contribution < 1.29 is 9.59 Å². The van der Waals surface area contributed by atoms with Gasteiger partial charge in [-0.3, -0.25) is 9.59 Å². The minimum absolute atomic E-state index is 0.0358. The lowest BCUT2D eigenvalue weighted by molar-refractivity contribution is -0.132. The van der Waals surface area contributed by atoms with Crippen molar-refractivity contribution >= 4 is 39.5 Å². The molecule has 1 heterocycles. The Hall–Kier alpha value is -1.01. The number of nitrogens with one attached hydrogen (secondary N) is 1. The molecule has 0 aromatic heterocycles. The number of carbonyl (C=O) groups excluding carboxylic acids is 2. The van der Waals surface area contributed by atoms with Crippen molar-refractivity contribution in [1.82, 2.24) is 10.2 Å². The van der Waals surface area contributed by atoms with Gasteiger partial charge in [-0.25, -0.2) is 0 Å². The Morgan fingerprint density at radius 1 is 1.53 bits per heavy atom. The molecule has 1 aliphatic rings. The molecule has 0 unspecified atom stereocenters. The van der Waals surface area contributed by atoms with Crippen molar-refractivity contribution in [2.24, 2.45) is 0 Å². The molecule has 2 rings (SSSR count). The zero-order chi connectivity index (χ0) is 13.8. The maximum atomic E-state index is 11.9. The van der Waals surface area contributed by atoms with Gasteiger partial charge in [0.05, 0.1) is 17.7 Å². The third kappa shape index (κ3) is 3.73. The van der Waals surface area contributed by atoms with Crippen molar-refractivity contribution in [3.05, 3.63) is 34.3 Å². The quantitative estimate of drug-likeness (QED) is 0.912. The zero-order valence-corrected chi connectivity index (χ0v) is 13.0. The molecule has 1 aliphatic heterocycles. The Balaban J connectivity index is 1.92. The second-order valence-corrected chi connectivity index (χ2v) is 6.19. The predicted molar refractivity (Wildman–Crippen MR) is 79.7 cm³/mol. The maximum Gasteiger partial charge on any atom is 0.240 e. The molecule has 1 fully saturated rings. The summed E-state index contributed by atoms with van der Waals surface area (Å²) in [6, 6.07) is 7.68. The molecule has 4 nitrogen and oxygen atoms in total. The molecule has 0 saturated carbocycles. The van der Waals surface area contributed by atoms with Crippen LogP contribution in [0.25, 0.3) is 0 Å². The summed E-state index contributed by atoms with van der Waals surface area (Å²) >= 11 is 5.00. The van der Waals surface area contributed by atoms with E-state index in [9.17, 15) is 9.59 Å². The van der Waals surface area contributed by atoms with E-state index in [1.54, 1.807) is 4.90 Å². The Morgan fingerprint density at radius 3 is 2.89 bits per heavy atom. The van der Waals surface area contributed by atoms with Gasteiger partial charge in [-0.05, 0) is 18.6 Å². The standard InChI is InChI=1S/C13H15BrN2O2S/c1-9(10-4-2-3-5-11(10)14)15-12(17)6-16-8-19-7-13(16)18/h2-5,9H,6-8H2,1H3,(H,15,17)/t9-/m0/s1. The van der Waals surface area contributed by atoms with Crippen molar-refractivity contribution in [2.45, 2.75) is 13.0 Å². The Kier molecular flexibility index (Phi) is 4.87. The van der Waals surface area contributed by atoms with E-state index in [1.165, 1.54) is 11.8 Å². The number of carbonyl (C=O) groups is 2. The molecule has 0 radical (unpaired) electrons. The van der Waals surface area contributed by atoms with Crippen LogP contribution in [0.2, 0.25) is 0 Å². The van der Waals surface area contributed by atoms with Crippen LogP contribution < -0.4 is 5.32 Å². The molecule has 2 amide bonds. The van der Waals surface area contributed by atoms with E-state index in [-0.39, 0.29) is 24.4 Å². The zero-order valence-electron chi connectivity index (χ0n) is 10.6. The summed E-state index contributed by atoms with van der Waals surface area (Å²) in [5.74, 6) is 0.996. The van der Waals surface area contributed by atoms with Crippen LogP contribution in [-0.2, 0) is 9.59 Å². The van der Waals surface area contributed by atoms with Gasteiger partial charge >= 0.3 is 0 Å². The molecule has 1 aromatic carbocycles. The van der Waals surface area contributed by atoms with Crippen LogP contribution in [0, 0.1) is 0 Å². The third-order valence-corrected chi connectivity index (χ3v) is 4.58. The summed E-state index contributed by atoms with van der Waals surface area (Å²) in [5, 5.41) is 2.91. The number of nitrogens with zero attached hydrogens (tertiary/aromatic N) is 1. The summed E-state index contributed by atoms with van der Waals surface area (Å²) in [6.07, 6.45) is 0. The van der Waals surface area contributed by atoms with E-state index in [2.05, 4.69) is 21.2 Å². The highest BCUT2D eigenvalue weighted by atomic mass is 79.9. The van der Waals surface area contributed by atoms with Crippen molar-refractivity contribution in [2.75, 3.05) is 18.2 Å². The number of thioether (sulfide) groups is 1. The average Bonchev–Trinajstić information content (AvgIpc) is 2.75. The minimum Gasteiger partial charge on any atom is -0.348 e. The molecule has 0 spiro atoms. The number of benzene rings is 1. The fourth-order valence-corrected chi connectivity index (χ4v) is 3.44. The van der Waals surface area contributed by atoms with E-state index in [1.807, 2.05) is 31.2 Å². The lowest BCUT2D eigenvalue weighted by Gasteiger charge is -2.19. The van der Waals surface area contributed by atoms with Crippen LogP contribution in [0.4, 0.5) is 0 Å². The van der Waals surface area contributed by atoms with Gasteiger partial charge in [-0.1, -0.05) is 34.1 Å². The lowest BCUT2D eigenvalue weighted by Crippen LogP contribution is -2.39. The molecule has 1 saturated heterocycles. The topological polar surface area (TPSA) is 49.4 Å². The van der Waals surface area contributed by atoms with Gasteiger partial charge in [0.2, 0.25) is 11.8 Å². The first-order chi connectivity index (χ1) is 9.08. The Labute approximate surface area is 125 Å². The maximum absolute atomic E-state index is 11.9. The van der Waals surface area contributed by atoms with Gasteiger partial charge < -0.3 is 10.2 Å². The first kappa shape index (κ1) is 14.4. The second kappa shape index (κ2) is 6.43. The number of halogens is 1. The summed E-state index contributed by atoms with van der Waals surface area (Å²) in [5.41, 5.74) is 1.03. The van der Waals surface area contributed by atoms with E-state index >= 15 is 0 Å². The van der Waals surface area contributed by atoms with Gasteiger partial charge in [0, 0.05) is 4.47 Å². The minimum atomic E-state index is -0.126. The second-order valence-electron chi connectivity index (χ2n) is 4.38. The van der Waals surface area contributed by atoms with E-state index < -0.39 is 0 Å². The van der Waals surface area contributed by atoms with Crippen LogP contribution in [0.5, 0.6) is 0 Å². The molecule has 0 bridgehead atoms. The van der Waals surface area contributed by atoms with Crippen LogP contribution in [-0.4, -0.2) is 34.9 Å². The van der Waals surface area contributed by atoms with Crippen molar-refractivity contribution in [3.8, 4) is 0 Å². The van der Waals surface area contributed by atoms with Gasteiger partial charge in [-0.15, -0.1) is 11.8 Å². The normalized spacial score (nSPS) is 16.5. The molecule has 0 aliphatic carbocycles. The molecular weight excluding hydrogens is 328 g/mol. The van der Waals surface area contributed by atoms with Crippen LogP contribution in [0.1, 0.15) is 18.5 Å². The highest BCUT2D eigenvalue weighted by Crippen LogP contribution is 2.22. The van der Waals surface area contributed by atoms with Gasteiger partial charge in [0.15, 0.2) is 0 Å². The number of hydrogen-bond acceptors (Lipinski definition) is 3. The highest BCUT2D eigenvalue weighted by Gasteiger charge is 2.23. The van der Waals surface area contributed by atoms with Crippen molar-refractivity contribution in [3.63, 3.8) is 0 Å². The Morgan fingerprint density at radius 2 is 2.26 bits per heavy atom. The van der Waals surface area contributed by atoms with E-state index in [0.29, 0.717) is 11.6 Å². The molecular formula is C13H15BrN2O2S. The molecule has 1 N–H and O–H groups in total. The monoisotopic (exact) mass is 342 g/mol. The molecule has 1 aromatic rings. The largest absolute Gasteiger partial charge is 0.348 e. The van der Waals surface area contributed by atoms with Crippen LogP contribution in [0.3, 0.4) is 0 Å². The molecule has 6 heteroatoms. The predicted octanol–water partition coefficient (Wildman–Crippen LogP) is 2.16. The van der Waals surface area contributed by atoms with E-state index in [0.717, 1.165) is 10.0 Å². The summed E-state index contributed by atoms with van der Waals surface area (Å²) in [7, 11) is 0. The third-order valence-electron chi connectivity index (χ3n) is 2.91. The fourth-order valence-electron chi connectivity index (χ4n) is 1.90. The SMILES string of the molecule is C[C@H](NC(=O)CN1CSCC1=O)c1ccccc1Br. The van der Waals surface area contributed by atoms with Gasteiger partial charge in [0.1, 0.15) is 6.54 Å². The first-order valence-electron chi connectivity index (χ1n) is 5.97. The molecule has 19 heavy (non-hydrogen) atoms. The highest BCUT2D eigenvalue weighted by molar-refractivity contribution is 9.10. The number of rotatable bonds is 4. The van der Waals surface area contributed by atoms with Gasteiger partial charge in [0.25, 0.3) is 0 Å². The van der Waals surface area contributed by atoms with Gasteiger partial charge in [-0.2, -0.15) is 0 Å². The van der Waals surface area contributed by atoms with Crippen LogP contribution >= 0.6 is 27.7 Å². The molecule has 1 atom stereocenters. The molecule has 102 valence electrons. The first-order valence-corrected chi connectivity index (χ1v) is 7.92. The van der Waals surface area contributed by atoms with Crippen molar-refractivity contribution in [1.29, 1.82) is 0 Å². The number of hydrogen-bond donors (Lipinski definition) is 1. The summed E-state index contributed by atoms with van der Waals surface area (Å²) in [4.78, 5) is 24.9. The lowest BCUT2D eigenvalue weighted by atomic mass is 10.1. The smallest absolute Gasteiger partial charge is 0.240 e. The van der Waals surface area contributed by atoms with Crippen LogP contribution in [0.15, 0.2) is 28.7 Å². The average molecular weight is 343 g/mol. The summed E-state index contributed by atoms with van der Waals surface area (Å²) < 4.78 is 0.968. The summed E-state index contributed by atoms with van der Waals surface area (Å²) in [6.45, 7) is 2.07. The van der Waals surface area contributed by atoms with E-state index in [4.69, 9.17) is 0 Å². The Bertz CT molecular complexity index is 495.